The number of nitrogens with two attached hydrogens (primary N) is 1. The summed E-state index contributed by atoms with van der Waals surface area (Å²) < 4.78 is 21.7. The maximum absolute atomic E-state index is 10.9. The largest absolute Gasteiger partial charge is 0.327 e. The molecule has 0 aromatic carbocycles. The van der Waals surface area contributed by atoms with Crippen LogP contribution in [0.3, 0.4) is 0 Å². The van der Waals surface area contributed by atoms with Crippen LogP contribution in [0.1, 0.15) is 12.8 Å². The Balaban J connectivity index is 2.19. The van der Waals surface area contributed by atoms with E-state index in [1.54, 1.807) is 0 Å². The van der Waals surface area contributed by atoms with E-state index in [4.69, 9.17) is 5.73 Å². The van der Waals surface area contributed by atoms with E-state index in [0.717, 1.165) is 24.3 Å². The summed E-state index contributed by atoms with van der Waals surface area (Å²) in [5, 5.41) is 0. The Bertz CT molecular complexity index is 251. The van der Waals surface area contributed by atoms with Gasteiger partial charge < -0.3 is 5.73 Å². The van der Waals surface area contributed by atoms with E-state index >= 15 is 0 Å². The molecule has 1 fully saturated rings. The first-order valence-electron chi connectivity index (χ1n) is 4.50. The van der Waals surface area contributed by atoms with Gasteiger partial charge in [0.1, 0.15) is 9.84 Å². The Morgan fingerprint density at radius 2 is 2.15 bits per heavy atom. The summed E-state index contributed by atoms with van der Waals surface area (Å²) in [6, 6.07) is 0.282. The molecule has 0 bridgehead atoms. The Morgan fingerprint density at radius 3 is 2.62 bits per heavy atom. The first-order chi connectivity index (χ1) is 5.99. The molecule has 13 heavy (non-hydrogen) atoms. The lowest BCUT2D eigenvalue weighted by Gasteiger charge is -2.12. The zero-order valence-electron chi connectivity index (χ0n) is 7.90. The van der Waals surface area contributed by atoms with Crippen LogP contribution in [0.2, 0.25) is 0 Å². The molecule has 1 aliphatic heterocycles. The average Bonchev–Trinajstić information content (AvgIpc) is 2.34. The van der Waals surface area contributed by atoms with Gasteiger partial charge in [0.05, 0.1) is 0 Å². The van der Waals surface area contributed by atoms with Crippen LogP contribution < -0.4 is 5.73 Å². The molecule has 1 aliphatic rings. The summed E-state index contributed by atoms with van der Waals surface area (Å²) in [4.78, 5) is 0. The molecule has 2 atom stereocenters. The van der Waals surface area contributed by atoms with Crippen molar-refractivity contribution in [3.05, 3.63) is 0 Å². The van der Waals surface area contributed by atoms with Gasteiger partial charge in [0.25, 0.3) is 0 Å². The van der Waals surface area contributed by atoms with E-state index in [9.17, 15) is 8.42 Å². The van der Waals surface area contributed by atoms with Gasteiger partial charge in [0.15, 0.2) is 0 Å². The standard InChI is InChI=1S/C8H17NO2S2/c1-13(10,11)4-2-3-7-5-12-6-8(7)9/h7-8H,2-6,9H2,1H3. The minimum absolute atomic E-state index is 0.282. The van der Waals surface area contributed by atoms with Crippen LogP contribution in [0, 0.1) is 5.92 Å². The molecule has 5 heteroatoms. The van der Waals surface area contributed by atoms with Crippen LogP contribution >= 0.6 is 11.8 Å². The molecule has 1 rings (SSSR count). The molecule has 0 radical (unpaired) electrons. The van der Waals surface area contributed by atoms with Gasteiger partial charge in [0.2, 0.25) is 0 Å². The van der Waals surface area contributed by atoms with E-state index in [1.165, 1.54) is 6.26 Å². The third-order valence-electron chi connectivity index (χ3n) is 2.34. The molecule has 1 heterocycles. The summed E-state index contributed by atoms with van der Waals surface area (Å²) in [6.07, 6.45) is 3.01. The summed E-state index contributed by atoms with van der Waals surface area (Å²) in [5.74, 6) is 2.97. The highest BCUT2D eigenvalue weighted by Gasteiger charge is 2.23. The van der Waals surface area contributed by atoms with Crippen LogP contribution in [-0.2, 0) is 9.84 Å². The highest BCUT2D eigenvalue weighted by molar-refractivity contribution is 7.99. The van der Waals surface area contributed by atoms with Gasteiger partial charge in [-0.2, -0.15) is 11.8 Å². The molecule has 78 valence electrons. The minimum Gasteiger partial charge on any atom is -0.327 e. The van der Waals surface area contributed by atoms with Crippen molar-refractivity contribution >= 4 is 21.6 Å². The summed E-state index contributed by atoms with van der Waals surface area (Å²) >= 11 is 1.87. The summed E-state index contributed by atoms with van der Waals surface area (Å²) in [5.41, 5.74) is 5.86. The van der Waals surface area contributed by atoms with Gasteiger partial charge in [0, 0.05) is 23.8 Å². The fourth-order valence-corrected chi connectivity index (χ4v) is 3.61. The second kappa shape index (κ2) is 4.66. The normalized spacial score (nSPS) is 29.4. The van der Waals surface area contributed by atoms with Crippen molar-refractivity contribution in [2.45, 2.75) is 18.9 Å². The zero-order chi connectivity index (χ0) is 9.90. The molecule has 0 amide bonds. The van der Waals surface area contributed by atoms with Gasteiger partial charge in [-0.25, -0.2) is 8.42 Å². The molecular weight excluding hydrogens is 206 g/mol. The second-order valence-electron chi connectivity index (χ2n) is 3.73. The molecule has 2 N–H and O–H groups in total. The van der Waals surface area contributed by atoms with E-state index in [2.05, 4.69) is 0 Å². The van der Waals surface area contributed by atoms with Crippen molar-refractivity contribution in [3.8, 4) is 0 Å². The maximum atomic E-state index is 10.9. The first kappa shape index (κ1) is 11.3. The third kappa shape index (κ3) is 4.33. The van der Waals surface area contributed by atoms with Gasteiger partial charge in [-0.05, 0) is 24.5 Å². The quantitative estimate of drug-likeness (QED) is 0.754. The summed E-state index contributed by atoms with van der Waals surface area (Å²) in [6.45, 7) is 0. The van der Waals surface area contributed by atoms with Crippen LogP contribution in [0.4, 0.5) is 0 Å². The van der Waals surface area contributed by atoms with Crippen LogP contribution in [0.15, 0.2) is 0 Å². The van der Waals surface area contributed by atoms with E-state index in [1.807, 2.05) is 11.8 Å². The monoisotopic (exact) mass is 223 g/mol. The van der Waals surface area contributed by atoms with Crippen LogP contribution in [-0.4, -0.2) is 38.0 Å². The average molecular weight is 223 g/mol. The lowest BCUT2D eigenvalue weighted by molar-refractivity contribution is 0.473. The van der Waals surface area contributed by atoms with Crippen LogP contribution in [0.25, 0.3) is 0 Å². The van der Waals surface area contributed by atoms with Crippen molar-refractivity contribution in [2.75, 3.05) is 23.5 Å². The predicted molar refractivity (Wildman–Crippen MR) is 57.7 cm³/mol. The van der Waals surface area contributed by atoms with E-state index in [-0.39, 0.29) is 6.04 Å². The highest BCUT2D eigenvalue weighted by Crippen LogP contribution is 2.26. The molecule has 3 nitrogen and oxygen atoms in total. The number of hydrogen-bond acceptors (Lipinski definition) is 4. The van der Waals surface area contributed by atoms with Crippen molar-refractivity contribution in [3.63, 3.8) is 0 Å². The SMILES string of the molecule is CS(=O)(=O)CCCC1CSCC1N. The van der Waals surface area contributed by atoms with Gasteiger partial charge in [-0.3, -0.25) is 0 Å². The lowest BCUT2D eigenvalue weighted by Crippen LogP contribution is -2.28. The van der Waals surface area contributed by atoms with Crippen molar-refractivity contribution in [1.29, 1.82) is 0 Å². The molecule has 0 saturated carbocycles. The zero-order valence-corrected chi connectivity index (χ0v) is 9.53. The molecule has 0 aromatic heterocycles. The summed E-state index contributed by atoms with van der Waals surface area (Å²) in [7, 11) is -2.78. The molecule has 0 spiro atoms. The fourth-order valence-electron chi connectivity index (χ4n) is 1.52. The van der Waals surface area contributed by atoms with Crippen LogP contribution in [0.5, 0.6) is 0 Å². The van der Waals surface area contributed by atoms with Crippen molar-refractivity contribution < 1.29 is 8.42 Å². The topological polar surface area (TPSA) is 60.2 Å². The molecule has 0 aliphatic carbocycles. The van der Waals surface area contributed by atoms with Gasteiger partial charge in [-0.1, -0.05) is 0 Å². The molecule has 2 unspecified atom stereocenters. The van der Waals surface area contributed by atoms with E-state index in [0.29, 0.717) is 11.7 Å². The number of hydrogen-bond donors (Lipinski definition) is 1. The van der Waals surface area contributed by atoms with E-state index < -0.39 is 9.84 Å². The van der Waals surface area contributed by atoms with Crippen molar-refractivity contribution in [2.24, 2.45) is 11.7 Å². The second-order valence-corrected chi connectivity index (χ2v) is 7.07. The number of thioether (sulfide) groups is 1. The fraction of sp³-hybridized carbons (Fsp3) is 1.00. The Labute approximate surface area is 84.4 Å². The molecular formula is C8H17NO2S2. The lowest BCUT2D eigenvalue weighted by atomic mass is 9.99. The van der Waals surface area contributed by atoms with Crippen molar-refractivity contribution in [1.82, 2.24) is 0 Å². The Morgan fingerprint density at radius 1 is 1.46 bits per heavy atom. The molecule has 0 aromatic rings. The molecule has 1 saturated heterocycles. The Hall–Kier alpha value is 0.260. The van der Waals surface area contributed by atoms with Gasteiger partial charge >= 0.3 is 0 Å². The first-order valence-corrected chi connectivity index (χ1v) is 7.71. The Kier molecular flexibility index (Phi) is 4.06. The number of rotatable bonds is 4. The predicted octanol–water partition coefficient (Wildman–Crippen LogP) is 0.502. The highest BCUT2D eigenvalue weighted by atomic mass is 32.2. The number of sulfone groups is 1. The maximum Gasteiger partial charge on any atom is 0.147 e. The van der Waals surface area contributed by atoms with Gasteiger partial charge in [-0.15, -0.1) is 0 Å². The smallest absolute Gasteiger partial charge is 0.147 e. The third-order valence-corrected chi connectivity index (χ3v) is 4.65. The minimum atomic E-state index is -2.78.